The zero-order valence-electron chi connectivity index (χ0n) is 11.8. The molecule has 0 saturated carbocycles. The van der Waals surface area contributed by atoms with Gasteiger partial charge in [0.05, 0.1) is 10.7 Å². The van der Waals surface area contributed by atoms with E-state index < -0.39 is 39.0 Å². The smallest absolute Gasteiger partial charge is 0.281 e. The minimum absolute atomic E-state index is 0.0522. The van der Waals surface area contributed by atoms with Crippen LogP contribution < -0.4 is 10.4 Å². The summed E-state index contributed by atoms with van der Waals surface area (Å²) in [7, 11) is -3.96. The summed E-state index contributed by atoms with van der Waals surface area (Å²) >= 11 is 11.0. The van der Waals surface area contributed by atoms with Gasteiger partial charge in [0.1, 0.15) is 16.7 Å². The number of halogens is 5. The van der Waals surface area contributed by atoms with E-state index in [-0.39, 0.29) is 21.1 Å². The van der Waals surface area contributed by atoms with Gasteiger partial charge in [-0.3, -0.25) is 4.72 Å². The van der Waals surface area contributed by atoms with Gasteiger partial charge in [-0.05, 0) is 19.1 Å². The summed E-state index contributed by atoms with van der Waals surface area (Å²) in [6.07, 6.45) is 0. The topological polar surface area (TPSA) is 86.0 Å². The third-order valence-corrected chi connectivity index (χ3v) is 4.84. The average molecular weight is 405 g/mol. The Morgan fingerprint density at radius 3 is 2.50 bits per heavy atom. The number of nitrogens with zero attached hydrogens (tertiary/aromatic N) is 3. The van der Waals surface area contributed by atoms with Crippen molar-refractivity contribution in [2.45, 2.75) is 13.5 Å². The predicted octanol–water partition coefficient (Wildman–Crippen LogP) is 2.47. The number of aryl methyl sites for hydroxylation is 1. The van der Waals surface area contributed by atoms with Crippen molar-refractivity contribution in [2.24, 2.45) is 0 Å². The Hall–Kier alpha value is -1.72. The quantitative estimate of drug-likeness (QED) is 0.775. The number of hydrogen-bond acceptors (Lipinski definition) is 4. The Kier molecular flexibility index (Phi) is 5.16. The molecule has 2 aromatic rings. The van der Waals surface area contributed by atoms with E-state index in [1.807, 2.05) is 4.72 Å². The minimum Gasteiger partial charge on any atom is -0.281 e. The fourth-order valence-electron chi connectivity index (χ4n) is 1.83. The first kappa shape index (κ1) is 18.6. The Labute approximate surface area is 143 Å². The molecule has 0 unspecified atom stereocenters. The van der Waals surface area contributed by atoms with Gasteiger partial charge < -0.3 is 0 Å². The number of rotatable bonds is 5. The van der Waals surface area contributed by atoms with E-state index in [2.05, 4.69) is 5.10 Å². The maximum atomic E-state index is 14.1. The van der Waals surface area contributed by atoms with Crippen molar-refractivity contribution in [1.82, 2.24) is 14.3 Å². The molecule has 0 radical (unpaired) electrons. The lowest BCUT2D eigenvalue weighted by Crippen LogP contribution is -2.25. The van der Waals surface area contributed by atoms with Crippen molar-refractivity contribution < 1.29 is 21.6 Å². The van der Waals surface area contributed by atoms with E-state index in [0.717, 1.165) is 13.0 Å². The van der Waals surface area contributed by atoms with Crippen LogP contribution in [0.4, 0.5) is 18.9 Å². The molecule has 0 aliphatic heterocycles. The van der Waals surface area contributed by atoms with Crippen molar-refractivity contribution in [2.75, 3.05) is 9.93 Å². The van der Waals surface area contributed by atoms with Crippen molar-refractivity contribution >= 4 is 38.9 Å². The summed E-state index contributed by atoms with van der Waals surface area (Å²) in [4.78, 5) is 11.9. The fraction of sp³-hybridized carbons (Fsp3) is 0.273. The molecule has 0 fully saturated rings. The van der Waals surface area contributed by atoms with Crippen LogP contribution in [0.5, 0.6) is 0 Å². The lowest BCUT2D eigenvalue weighted by Gasteiger charge is -2.10. The summed E-state index contributed by atoms with van der Waals surface area (Å²) in [5, 5.41) is 2.44. The summed E-state index contributed by atoms with van der Waals surface area (Å²) in [5.74, 6) is -1.41. The molecule has 1 N–H and O–H groups in total. The number of aromatic nitrogens is 3. The Balaban J connectivity index is 2.64. The maximum absolute atomic E-state index is 14.1. The Bertz CT molecular complexity index is 943. The molecule has 0 aliphatic rings. The SMILES string of the molecule is Cc1nn(-c2cc(NS(=O)(=O)CCl)c(Cl)cc2F)c(=O)n1C(F)F. The maximum Gasteiger partial charge on any atom is 0.355 e. The molecule has 132 valence electrons. The summed E-state index contributed by atoms with van der Waals surface area (Å²) < 4.78 is 65.1. The molecule has 7 nitrogen and oxygen atoms in total. The van der Waals surface area contributed by atoms with E-state index in [0.29, 0.717) is 10.7 Å². The van der Waals surface area contributed by atoms with Gasteiger partial charge in [0.15, 0.2) is 5.82 Å². The number of nitrogens with one attached hydrogen (secondary N) is 1. The molecule has 0 aliphatic carbocycles. The van der Waals surface area contributed by atoms with Crippen LogP contribution >= 0.6 is 23.2 Å². The van der Waals surface area contributed by atoms with Gasteiger partial charge in [-0.15, -0.1) is 16.7 Å². The third kappa shape index (κ3) is 3.52. The van der Waals surface area contributed by atoms with E-state index in [1.165, 1.54) is 0 Å². The van der Waals surface area contributed by atoms with Crippen LogP contribution in [0.2, 0.25) is 5.02 Å². The molecule has 0 amide bonds. The normalized spacial score (nSPS) is 12.0. The average Bonchev–Trinajstić information content (AvgIpc) is 2.76. The van der Waals surface area contributed by atoms with Gasteiger partial charge in [0, 0.05) is 0 Å². The van der Waals surface area contributed by atoms with Crippen molar-refractivity contribution in [3.63, 3.8) is 0 Å². The Morgan fingerprint density at radius 2 is 2.00 bits per heavy atom. The van der Waals surface area contributed by atoms with Gasteiger partial charge in [-0.2, -0.15) is 13.5 Å². The lowest BCUT2D eigenvalue weighted by atomic mass is 10.2. The lowest BCUT2D eigenvalue weighted by molar-refractivity contribution is 0.0640. The second-order valence-electron chi connectivity index (χ2n) is 4.50. The van der Waals surface area contributed by atoms with Gasteiger partial charge in [0.25, 0.3) is 0 Å². The third-order valence-electron chi connectivity index (χ3n) is 2.85. The van der Waals surface area contributed by atoms with Crippen LogP contribution in [0.25, 0.3) is 5.69 Å². The molecular weight excluding hydrogens is 396 g/mol. The zero-order valence-corrected chi connectivity index (χ0v) is 14.1. The van der Waals surface area contributed by atoms with Gasteiger partial charge in [-0.1, -0.05) is 11.6 Å². The number of alkyl halides is 3. The molecule has 1 aromatic carbocycles. The number of hydrogen-bond donors (Lipinski definition) is 1. The van der Waals surface area contributed by atoms with Crippen LogP contribution in [-0.4, -0.2) is 28.0 Å². The summed E-state index contributed by atoms with van der Waals surface area (Å²) in [5.41, 5.74) is -2.14. The highest BCUT2D eigenvalue weighted by Gasteiger charge is 2.22. The van der Waals surface area contributed by atoms with Crippen LogP contribution in [-0.2, 0) is 10.0 Å². The van der Waals surface area contributed by atoms with E-state index in [4.69, 9.17) is 23.2 Å². The van der Waals surface area contributed by atoms with E-state index in [1.54, 1.807) is 0 Å². The predicted molar refractivity (Wildman–Crippen MR) is 82.0 cm³/mol. The number of anilines is 1. The molecule has 0 atom stereocenters. The monoisotopic (exact) mass is 404 g/mol. The molecule has 13 heteroatoms. The summed E-state index contributed by atoms with van der Waals surface area (Å²) in [6, 6.07) is 1.57. The first-order chi connectivity index (χ1) is 11.1. The van der Waals surface area contributed by atoms with E-state index >= 15 is 0 Å². The van der Waals surface area contributed by atoms with Crippen molar-refractivity contribution in [3.05, 3.63) is 39.3 Å². The molecule has 1 heterocycles. The number of sulfonamides is 1. The molecule has 0 spiro atoms. The molecule has 2 rings (SSSR count). The van der Waals surface area contributed by atoms with Crippen molar-refractivity contribution in [1.29, 1.82) is 0 Å². The van der Waals surface area contributed by atoms with Gasteiger partial charge in [-0.25, -0.2) is 22.2 Å². The molecule has 24 heavy (non-hydrogen) atoms. The molecular formula is C11H9Cl2F3N4O3S. The van der Waals surface area contributed by atoms with Crippen LogP contribution in [0.3, 0.4) is 0 Å². The highest BCUT2D eigenvalue weighted by atomic mass is 35.5. The highest BCUT2D eigenvalue weighted by molar-refractivity contribution is 7.93. The van der Waals surface area contributed by atoms with Gasteiger partial charge in [0.2, 0.25) is 10.0 Å². The largest absolute Gasteiger partial charge is 0.355 e. The fourth-order valence-corrected chi connectivity index (χ4v) is 2.81. The first-order valence-corrected chi connectivity index (χ1v) is 8.66. The van der Waals surface area contributed by atoms with Crippen LogP contribution in [0.1, 0.15) is 12.4 Å². The second-order valence-corrected chi connectivity index (χ2v) is 7.21. The van der Waals surface area contributed by atoms with E-state index in [9.17, 15) is 26.4 Å². The highest BCUT2D eigenvalue weighted by Crippen LogP contribution is 2.28. The minimum atomic E-state index is -3.96. The van der Waals surface area contributed by atoms with Crippen molar-refractivity contribution in [3.8, 4) is 5.69 Å². The molecule has 0 saturated heterocycles. The number of benzene rings is 1. The Morgan fingerprint density at radius 1 is 1.38 bits per heavy atom. The standard InChI is InChI=1S/C11H9Cl2F3N4O3S/c1-5-17-20(11(21)19(5)10(15)16)9-3-8(6(13)2-7(9)14)18-24(22,23)4-12/h2-3,10,18H,4H2,1H3. The first-order valence-electron chi connectivity index (χ1n) is 6.09. The summed E-state index contributed by atoms with van der Waals surface area (Å²) in [6.45, 7) is -2.04. The molecule has 1 aromatic heterocycles. The van der Waals surface area contributed by atoms with Gasteiger partial charge >= 0.3 is 12.2 Å². The zero-order chi connectivity index (χ0) is 18.2. The molecule has 0 bridgehead atoms. The second kappa shape index (κ2) is 6.65. The van der Waals surface area contributed by atoms with Crippen LogP contribution in [0, 0.1) is 12.7 Å². The van der Waals surface area contributed by atoms with Crippen LogP contribution in [0.15, 0.2) is 16.9 Å².